The summed E-state index contributed by atoms with van der Waals surface area (Å²) in [6, 6.07) is 5.37. The molecule has 114 valence electrons. The van der Waals surface area contributed by atoms with Crippen LogP contribution < -0.4 is 0 Å². The third-order valence-corrected chi connectivity index (χ3v) is 3.17. The van der Waals surface area contributed by atoms with Crippen LogP contribution in [0.15, 0.2) is 24.3 Å². The summed E-state index contributed by atoms with van der Waals surface area (Å²) in [7, 11) is 0. The SMILES string of the molecule is CCN(C(=O)Cc1ccc([N+](=O)[O-])cc1)C(C)CC(=O)O. The lowest BCUT2D eigenvalue weighted by Crippen LogP contribution is -2.40. The van der Waals surface area contributed by atoms with E-state index >= 15 is 0 Å². The van der Waals surface area contributed by atoms with Gasteiger partial charge in [-0.25, -0.2) is 0 Å². The van der Waals surface area contributed by atoms with E-state index in [1.54, 1.807) is 13.8 Å². The number of hydrogen-bond acceptors (Lipinski definition) is 4. The Balaban J connectivity index is 2.73. The third kappa shape index (κ3) is 4.87. The minimum absolute atomic E-state index is 0.0298. The number of nitro benzene ring substituents is 1. The summed E-state index contributed by atoms with van der Waals surface area (Å²) in [4.78, 5) is 34.4. The van der Waals surface area contributed by atoms with Crippen molar-refractivity contribution >= 4 is 17.6 Å². The summed E-state index contributed by atoms with van der Waals surface area (Å²) >= 11 is 0. The number of carboxylic acids is 1. The molecule has 1 N–H and O–H groups in total. The molecular formula is C14H18N2O5. The number of likely N-dealkylation sites (N-methyl/N-ethyl adjacent to an activating group) is 1. The number of nitro groups is 1. The van der Waals surface area contributed by atoms with Crippen LogP contribution >= 0.6 is 0 Å². The van der Waals surface area contributed by atoms with Gasteiger partial charge in [-0.1, -0.05) is 12.1 Å². The maximum absolute atomic E-state index is 12.2. The van der Waals surface area contributed by atoms with Gasteiger partial charge < -0.3 is 10.0 Å². The van der Waals surface area contributed by atoms with Gasteiger partial charge in [0.2, 0.25) is 5.91 Å². The lowest BCUT2D eigenvalue weighted by atomic mass is 10.1. The molecule has 0 saturated carbocycles. The molecule has 1 atom stereocenters. The first kappa shape index (κ1) is 16.6. The molecule has 0 fully saturated rings. The maximum atomic E-state index is 12.2. The molecule has 1 aromatic rings. The average molecular weight is 294 g/mol. The van der Waals surface area contributed by atoms with Gasteiger partial charge in [0.1, 0.15) is 0 Å². The number of carbonyl (C=O) groups excluding carboxylic acids is 1. The van der Waals surface area contributed by atoms with Crippen molar-refractivity contribution in [1.82, 2.24) is 4.90 Å². The van der Waals surface area contributed by atoms with Crippen LogP contribution in [0.2, 0.25) is 0 Å². The molecule has 1 unspecified atom stereocenters. The van der Waals surface area contributed by atoms with Gasteiger partial charge in [0.15, 0.2) is 0 Å². The van der Waals surface area contributed by atoms with E-state index in [1.165, 1.54) is 29.2 Å². The van der Waals surface area contributed by atoms with Gasteiger partial charge in [-0.2, -0.15) is 0 Å². The van der Waals surface area contributed by atoms with Gasteiger partial charge >= 0.3 is 5.97 Å². The number of carboxylic acid groups (broad SMARTS) is 1. The van der Waals surface area contributed by atoms with Crippen molar-refractivity contribution in [1.29, 1.82) is 0 Å². The zero-order valence-corrected chi connectivity index (χ0v) is 12.0. The minimum atomic E-state index is -0.955. The maximum Gasteiger partial charge on any atom is 0.305 e. The normalized spacial score (nSPS) is 11.7. The van der Waals surface area contributed by atoms with E-state index in [0.29, 0.717) is 12.1 Å². The molecule has 7 nitrogen and oxygen atoms in total. The monoisotopic (exact) mass is 294 g/mol. The Kier molecular flexibility index (Phi) is 5.83. The highest BCUT2D eigenvalue weighted by Gasteiger charge is 2.21. The Labute approximate surface area is 122 Å². The van der Waals surface area contributed by atoms with Gasteiger partial charge in [0, 0.05) is 24.7 Å². The van der Waals surface area contributed by atoms with Crippen LogP contribution in [-0.2, 0) is 16.0 Å². The molecule has 0 heterocycles. The molecule has 0 bridgehead atoms. The van der Waals surface area contributed by atoms with Crippen molar-refractivity contribution < 1.29 is 19.6 Å². The Morgan fingerprint density at radius 2 is 1.90 bits per heavy atom. The van der Waals surface area contributed by atoms with Crippen molar-refractivity contribution in [2.24, 2.45) is 0 Å². The number of rotatable bonds is 7. The first-order valence-corrected chi connectivity index (χ1v) is 6.59. The smallest absolute Gasteiger partial charge is 0.305 e. The molecule has 7 heteroatoms. The van der Waals surface area contributed by atoms with E-state index in [2.05, 4.69) is 0 Å². The highest BCUT2D eigenvalue weighted by Crippen LogP contribution is 2.14. The summed E-state index contributed by atoms with van der Waals surface area (Å²) in [6.07, 6.45) is -0.0182. The van der Waals surface area contributed by atoms with E-state index in [1.807, 2.05) is 0 Å². The molecule has 1 aromatic carbocycles. The fourth-order valence-corrected chi connectivity index (χ4v) is 2.11. The van der Waals surface area contributed by atoms with Crippen molar-refractivity contribution in [2.75, 3.05) is 6.54 Å². The van der Waals surface area contributed by atoms with Crippen molar-refractivity contribution in [3.8, 4) is 0 Å². The zero-order chi connectivity index (χ0) is 16.0. The summed E-state index contributed by atoms with van der Waals surface area (Å²) in [5, 5.41) is 19.3. The fraction of sp³-hybridized carbons (Fsp3) is 0.429. The molecule has 1 amide bonds. The first-order valence-electron chi connectivity index (χ1n) is 6.59. The van der Waals surface area contributed by atoms with Crippen molar-refractivity contribution in [3.63, 3.8) is 0 Å². The van der Waals surface area contributed by atoms with Crippen LogP contribution in [0.25, 0.3) is 0 Å². The number of non-ortho nitro benzene ring substituents is 1. The van der Waals surface area contributed by atoms with Gasteiger partial charge in [-0.3, -0.25) is 19.7 Å². The highest BCUT2D eigenvalue weighted by molar-refractivity contribution is 5.80. The number of amides is 1. The van der Waals surface area contributed by atoms with Crippen molar-refractivity contribution in [2.45, 2.75) is 32.7 Å². The second kappa shape index (κ2) is 7.37. The largest absolute Gasteiger partial charge is 0.481 e. The lowest BCUT2D eigenvalue weighted by Gasteiger charge is -2.27. The number of aliphatic carboxylic acids is 1. The van der Waals surface area contributed by atoms with Crippen LogP contribution in [0.4, 0.5) is 5.69 Å². The number of carbonyl (C=O) groups is 2. The van der Waals surface area contributed by atoms with Crippen LogP contribution in [0, 0.1) is 10.1 Å². The van der Waals surface area contributed by atoms with E-state index in [-0.39, 0.29) is 24.4 Å². The second-order valence-electron chi connectivity index (χ2n) is 4.73. The number of benzene rings is 1. The van der Waals surface area contributed by atoms with Gasteiger partial charge in [0.05, 0.1) is 17.8 Å². The molecule has 0 radical (unpaired) electrons. The molecule has 0 saturated heterocycles. The summed E-state index contributed by atoms with van der Waals surface area (Å²) in [5.74, 6) is -1.15. The van der Waals surface area contributed by atoms with E-state index < -0.39 is 16.9 Å². The number of hydrogen-bond donors (Lipinski definition) is 1. The Morgan fingerprint density at radius 1 is 1.33 bits per heavy atom. The van der Waals surface area contributed by atoms with Crippen molar-refractivity contribution in [3.05, 3.63) is 39.9 Å². The zero-order valence-electron chi connectivity index (χ0n) is 12.0. The predicted octanol–water partition coefficient (Wildman–Crippen LogP) is 1.85. The Bertz CT molecular complexity index is 527. The fourth-order valence-electron chi connectivity index (χ4n) is 2.11. The van der Waals surface area contributed by atoms with Gasteiger partial charge in [-0.15, -0.1) is 0 Å². The lowest BCUT2D eigenvalue weighted by molar-refractivity contribution is -0.384. The average Bonchev–Trinajstić information content (AvgIpc) is 2.39. The molecule has 0 spiro atoms. The number of nitrogens with zero attached hydrogens (tertiary/aromatic N) is 2. The van der Waals surface area contributed by atoms with E-state index in [9.17, 15) is 19.7 Å². The highest BCUT2D eigenvalue weighted by atomic mass is 16.6. The Morgan fingerprint density at radius 3 is 2.33 bits per heavy atom. The van der Waals surface area contributed by atoms with Gasteiger partial charge in [0.25, 0.3) is 5.69 Å². The molecule has 21 heavy (non-hydrogen) atoms. The first-order chi connectivity index (χ1) is 9.85. The van der Waals surface area contributed by atoms with E-state index in [4.69, 9.17) is 5.11 Å². The van der Waals surface area contributed by atoms with Gasteiger partial charge in [-0.05, 0) is 19.4 Å². The molecule has 0 aliphatic heterocycles. The molecule has 1 rings (SSSR count). The Hall–Kier alpha value is -2.44. The van der Waals surface area contributed by atoms with Crippen LogP contribution in [-0.4, -0.2) is 39.4 Å². The molecule has 0 aliphatic rings. The summed E-state index contributed by atoms with van der Waals surface area (Å²) < 4.78 is 0. The summed E-state index contributed by atoms with van der Waals surface area (Å²) in [5.41, 5.74) is 0.629. The molecule has 0 aliphatic carbocycles. The molecular weight excluding hydrogens is 276 g/mol. The summed E-state index contributed by atoms with van der Waals surface area (Å²) in [6.45, 7) is 3.89. The quantitative estimate of drug-likeness (QED) is 0.611. The molecule has 0 aromatic heterocycles. The van der Waals surface area contributed by atoms with Crippen LogP contribution in [0.1, 0.15) is 25.8 Å². The van der Waals surface area contributed by atoms with Crippen LogP contribution in [0.3, 0.4) is 0 Å². The van der Waals surface area contributed by atoms with E-state index in [0.717, 1.165) is 0 Å². The van der Waals surface area contributed by atoms with Crippen LogP contribution in [0.5, 0.6) is 0 Å². The predicted molar refractivity (Wildman–Crippen MR) is 75.9 cm³/mol. The second-order valence-corrected chi connectivity index (χ2v) is 4.73. The third-order valence-electron chi connectivity index (χ3n) is 3.17. The standard InChI is InChI=1S/C14H18N2O5/c1-3-15(10(2)8-14(18)19)13(17)9-11-4-6-12(7-5-11)16(20)21/h4-7,10H,3,8-9H2,1-2H3,(H,18,19). The minimum Gasteiger partial charge on any atom is -0.481 e. The topological polar surface area (TPSA) is 101 Å².